The van der Waals surface area contributed by atoms with Crippen molar-refractivity contribution in [1.82, 2.24) is 29.7 Å². The molecule has 1 aliphatic rings. The maximum absolute atomic E-state index is 14.0. The number of nitrogens with zero attached hydrogens (tertiary/aromatic N) is 6. The van der Waals surface area contributed by atoms with Crippen molar-refractivity contribution in [3.63, 3.8) is 0 Å². The molecule has 3 rings (SSSR count). The van der Waals surface area contributed by atoms with Crippen LogP contribution in [-0.4, -0.2) is 68.0 Å². The summed E-state index contributed by atoms with van der Waals surface area (Å²) in [5.41, 5.74) is 1.26. The number of likely N-dealkylation sites (tertiary alicyclic amines) is 1. The molecule has 8 nitrogen and oxygen atoms in total. The summed E-state index contributed by atoms with van der Waals surface area (Å²) in [4.78, 5) is 20.4. The van der Waals surface area contributed by atoms with Crippen molar-refractivity contribution in [2.75, 3.05) is 20.1 Å². The van der Waals surface area contributed by atoms with Crippen LogP contribution in [0.1, 0.15) is 34.2 Å². The first kappa shape index (κ1) is 17.5. The number of halogens is 1. The average molecular weight is 350 g/mol. The van der Waals surface area contributed by atoms with Crippen molar-refractivity contribution in [3.8, 4) is 0 Å². The zero-order chi connectivity index (χ0) is 18.1. The van der Waals surface area contributed by atoms with E-state index in [-0.39, 0.29) is 11.9 Å². The fourth-order valence-corrected chi connectivity index (χ4v) is 3.31. The number of likely N-dealkylation sites (N-methyl/N-ethyl adjacent to an activating group) is 1. The predicted octanol–water partition coefficient (Wildman–Crippen LogP) is 1.10. The van der Waals surface area contributed by atoms with Crippen LogP contribution in [0.25, 0.3) is 0 Å². The molecule has 3 heterocycles. The van der Waals surface area contributed by atoms with Gasteiger partial charge in [0, 0.05) is 46.3 Å². The second kappa shape index (κ2) is 6.91. The number of amides is 1. The van der Waals surface area contributed by atoms with Gasteiger partial charge in [-0.05, 0) is 13.3 Å². The first-order chi connectivity index (χ1) is 11.8. The lowest BCUT2D eigenvalue weighted by atomic mass is 10.1. The number of carbonyl (C=O) groups is 1. The molecular formula is C16H23FN6O2. The average Bonchev–Trinajstić information content (AvgIpc) is 3.19. The van der Waals surface area contributed by atoms with Crippen molar-refractivity contribution >= 4 is 5.91 Å². The molecule has 0 radical (unpaired) electrons. The van der Waals surface area contributed by atoms with Gasteiger partial charge in [0.1, 0.15) is 6.17 Å². The van der Waals surface area contributed by atoms with Gasteiger partial charge in [-0.2, -0.15) is 10.1 Å². The molecule has 0 unspecified atom stereocenters. The van der Waals surface area contributed by atoms with E-state index in [0.717, 1.165) is 0 Å². The Morgan fingerprint density at radius 2 is 2.24 bits per heavy atom. The second-order valence-electron chi connectivity index (χ2n) is 6.63. The smallest absolute Gasteiger partial charge is 0.257 e. The van der Waals surface area contributed by atoms with Crippen LogP contribution in [0.15, 0.2) is 10.7 Å². The van der Waals surface area contributed by atoms with Crippen molar-refractivity contribution in [3.05, 3.63) is 29.2 Å². The van der Waals surface area contributed by atoms with Gasteiger partial charge in [-0.25, -0.2) is 4.39 Å². The number of rotatable bonds is 5. The minimum Gasteiger partial charge on any atom is -0.340 e. The summed E-state index contributed by atoms with van der Waals surface area (Å²) in [5.74, 6) is 0.916. The third kappa shape index (κ3) is 3.87. The quantitative estimate of drug-likeness (QED) is 0.803. The molecule has 0 aliphatic carbocycles. The van der Waals surface area contributed by atoms with Gasteiger partial charge >= 0.3 is 0 Å². The number of aryl methyl sites for hydroxylation is 3. The maximum Gasteiger partial charge on any atom is 0.257 e. The Morgan fingerprint density at radius 1 is 1.48 bits per heavy atom. The number of hydrogen-bond donors (Lipinski definition) is 0. The van der Waals surface area contributed by atoms with E-state index in [2.05, 4.69) is 15.2 Å². The van der Waals surface area contributed by atoms with E-state index in [1.54, 1.807) is 43.7 Å². The Hall–Kier alpha value is -2.29. The monoisotopic (exact) mass is 350 g/mol. The van der Waals surface area contributed by atoms with Crippen LogP contribution < -0.4 is 0 Å². The molecule has 0 saturated carbocycles. The molecule has 2 atom stereocenters. The number of aromatic nitrogens is 4. The number of carbonyl (C=O) groups excluding carboxylic acids is 1. The van der Waals surface area contributed by atoms with Crippen LogP contribution in [0, 0.1) is 13.8 Å². The third-order valence-electron chi connectivity index (χ3n) is 4.47. The molecule has 1 saturated heterocycles. The van der Waals surface area contributed by atoms with Crippen LogP contribution in [0.3, 0.4) is 0 Å². The van der Waals surface area contributed by atoms with Crippen molar-refractivity contribution in [2.24, 2.45) is 7.05 Å². The second-order valence-corrected chi connectivity index (χ2v) is 6.63. The van der Waals surface area contributed by atoms with Gasteiger partial charge in [0.25, 0.3) is 5.91 Å². The SMILES string of the molecule is Cc1nc(CN2C[C@@H](F)C[C@H]2CN(C)C(=O)c2cn(C)nc2C)no1. The summed E-state index contributed by atoms with van der Waals surface area (Å²) in [7, 11) is 3.51. The molecule has 9 heteroatoms. The first-order valence-electron chi connectivity index (χ1n) is 8.26. The molecule has 0 aromatic carbocycles. The lowest BCUT2D eigenvalue weighted by Gasteiger charge is -2.27. The van der Waals surface area contributed by atoms with Gasteiger partial charge in [-0.1, -0.05) is 5.16 Å². The van der Waals surface area contributed by atoms with E-state index < -0.39 is 6.17 Å². The van der Waals surface area contributed by atoms with E-state index in [1.807, 2.05) is 4.90 Å². The third-order valence-corrected chi connectivity index (χ3v) is 4.47. The van der Waals surface area contributed by atoms with E-state index in [0.29, 0.717) is 49.0 Å². The summed E-state index contributed by atoms with van der Waals surface area (Å²) in [6, 6.07) is -0.0836. The van der Waals surface area contributed by atoms with E-state index >= 15 is 0 Å². The molecule has 2 aromatic rings. The first-order valence-corrected chi connectivity index (χ1v) is 8.26. The highest BCUT2D eigenvalue weighted by Crippen LogP contribution is 2.23. The Balaban J connectivity index is 1.67. The minimum absolute atomic E-state index is 0.0836. The Bertz CT molecular complexity index is 758. The maximum atomic E-state index is 14.0. The molecule has 1 aliphatic heterocycles. The van der Waals surface area contributed by atoms with Crippen LogP contribution in [-0.2, 0) is 13.6 Å². The molecule has 1 fully saturated rings. The fraction of sp³-hybridized carbons (Fsp3) is 0.625. The molecular weight excluding hydrogens is 327 g/mol. The highest BCUT2D eigenvalue weighted by atomic mass is 19.1. The summed E-state index contributed by atoms with van der Waals surface area (Å²) in [6.07, 6.45) is 1.18. The van der Waals surface area contributed by atoms with E-state index in [9.17, 15) is 9.18 Å². The van der Waals surface area contributed by atoms with Crippen molar-refractivity contribution < 1.29 is 13.7 Å². The molecule has 1 amide bonds. The largest absolute Gasteiger partial charge is 0.340 e. The van der Waals surface area contributed by atoms with Gasteiger partial charge in [0.2, 0.25) is 5.89 Å². The zero-order valence-electron chi connectivity index (χ0n) is 14.9. The van der Waals surface area contributed by atoms with Gasteiger partial charge < -0.3 is 9.42 Å². The highest BCUT2D eigenvalue weighted by molar-refractivity contribution is 5.94. The van der Waals surface area contributed by atoms with Crippen molar-refractivity contribution in [2.45, 2.75) is 39.0 Å². The fourth-order valence-electron chi connectivity index (χ4n) is 3.31. The normalized spacial score (nSPS) is 21.0. The van der Waals surface area contributed by atoms with Crippen LogP contribution in [0.5, 0.6) is 0 Å². The summed E-state index contributed by atoms with van der Waals surface area (Å²) < 4.78 is 20.5. The Morgan fingerprint density at radius 3 is 2.84 bits per heavy atom. The van der Waals surface area contributed by atoms with Crippen LogP contribution in [0.4, 0.5) is 4.39 Å². The van der Waals surface area contributed by atoms with E-state index in [1.165, 1.54) is 0 Å². The van der Waals surface area contributed by atoms with Crippen LogP contribution in [0.2, 0.25) is 0 Å². The lowest BCUT2D eigenvalue weighted by molar-refractivity contribution is 0.0747. The summed E-state index contributed by atoms with van der Waals surface area (Å²) in [5, 5.41) is 8.08. The van der Waals surface area contributed by atoms with Gasteiger partial charge in [0.15, 0.2) is 5.82 Å². The predicted molar refractivity (Wildman–Crippen MR) is 87.7 cm³/mol. The molecule has 2 aromatic heterocycles. The Labute approximate surface area is 145 Å². The minimum atomic E-state index is -0.915. The van der Waals surface area contributed by atoms with Gasteiger partial charge in [0.05, 0.1) is 17.8 Å². The molecule has 136 valence electrons. The van der Waals surface area contributed by atoms with Gasteiger partial charge in [-0.3, -0.25) is 14.4 Å². The zero-order valence-corrected chi connectivity index (χ0v) is 14.9. The summed E-state index contributed by atoms with van der Waals surface area (Å²) >= 11 is 0. The van der Waals surface area contributed by atoms with Crippen molar-refractivity contribution in [1.29, 1.82) is 0 Å². The standard InChI is InChI=1S/C16H23FN6O2/c1-10-14(8-22(4)19-10)16(24)21(3)7-13-5-12(17)6-23(13)9-15-18-11(2)25-20-15/h8,12-13H,5-7,9H2,1-4H3/t12-,13-/m0/s1. The molecule has 0 spiro atoms. The topological polar surface area (TPSA) is 80.3 Å². The summed E-state index contributed by atoms with van der Waals surface area (Å²) in [6.45, 7) is 4.69. The Kier molecular flexibility index (Phi) is 4.85. The molecule has 0 N–H and O–H groups in total. The lowest BCUT2D eigenvalue weighted by Crippen LogP contribution is -2.41. The van der Waals surface area contributed by atoms with Gasteiger partial charge in [-0.15, -0.1) is 0 Å². The number of alkyl halides is 1. The van der Waals surface area contributed by atoms with E-state index in [4.69, 9.17) is 4.52 Å². The molecule has 0 bridgehead atoms. The molecule has 25 heavy (non-hydrogen) atoms. The van der Waals surface area contributed by atoms with Crippen LogP contribution >= 0.6 is 0 Å². The highest BCUT2D eigenvalue weighted by Gasteiger charge is 2.34. The number of hydrogen-bond acceptors (Lipinski definition) is 6.